The first-order chi connectivity index (χ1) is 7.16. The fraction of sp³-hybridized carbons (Fsp3) is 0.182. The highest BCUT2D eigenvalue weighted by Gasteiger charge is 2.12. The minimum absolute atomic E-state index is 0.0160. The molecular formula is C11H9BrFNO. The Labute approximate surface area is 96.0 Å². The molecule has 0 heterocycles. The second-order valence-corrected chi connectivity index (χ2v) is 3.57. The number of amides is 1. The molecule has 1 rings (SSSR count). The van der Waals surface area contributed by atoms with E-state index in [0.717, 1.165) is 0 Å². The standard InChI is InChI=1S/C11H9BrFNO/c1-2-3-7-14-11(15)8-5-4-6-9(12)10(8)13/h4-6H,7H2,1H3,(H,14,15). The van der Waals surface area contributed by atoms with Crippen LogP contribution >= 0.6 is 15.9 Å². The van der Waals surface area contributed by atoms with E-state index in [1.165, 1.54) is 12.1 Å². The van der Waals surface area contributed by atoms with E-state index in [1.54, 1.807) is 13.0 Å². The van der Waals surface area contributed by atoms with Crippen molar-refractivity contribution in [3.8, 4) is 11.8 Å². The van der Waals surface area contributed by atoms with Crippen molar-refractivity contribution < 1.29 is 9.18 Å². The monoisotopic (exact) mass is 269 g/mol. The molecule has 1 N–H and O–H groups in total. The molecule has 0 fully saturated rings. The molecule has 0 bridgehead atoms. The van der Waals surface area contributed by atoms with Gasteiger partial charge in [-0.2, -0.15) is 0 Å². The van der Waals surface area contributed by atoms with Gasteiger partial charge in [0.1, 0.15) is 5.82 Å². The minimum atomic E-state index is -0.556. The Hall–Kier alpha value is -1.34. The molecule has 2 nitrogen and oxygen atoms in total. The van der Waals surface area contributed by atoms with E-state index in [-0.39, 0.29) is 16.6 Å². The molecule has 78 valence electrons. The summed E-state index contributed by atoms with van der Waals surface area (Å²) in [5.41, 5.74) is 0.0160. The van der Waals surface area contributed by atoms with Crippen LogP contribution in [0.2, 0.25) is 0 Å². The van der Waals surface area contributed by atoms with E-state index in [9.17, 15) is 9.18 Å². The molecule has 0 aliphatic carbocycles. The van der Waals surface area contributed by atoms with Crippen molar-refractivity contribution >= 4 is 21.8 Å². The molecule has 0 spiro atoms. The van der Waals surface area contributed by atoms with E-state index in [2.05, 4.69) is 33.1 Å². The third-order valence-corrected chi connectivity index (χ3v) is 2.32. The summed E-state index contributed by atoms with van der Waals surface area (Å²) < 4.78 is 13.7. The number of hydrogen-bond acceptors (Lipinski definition) is 1. The van der Waals surface area contributed by atoms with Crippen LogP contribution in [0.15, 0.2) is 22.7 Å². The summed E-state index contributed by atoms with van der Waals surface area (Å²) in [6, 6.07) is 4.57. The summed E-state index contributed by atoms with van der Waals surface area (Å²) in [5, 5.41) is 2.49. The van der Waals surface area contributed by atoms with Gasteiger partial charge < -0.3 is 5.32 Å². The molecule has 0 aliphatic heterocycles. The van der Waals surface area contributed by atoms with E-state index in [0.29, 0.717) is 0 Å². The lowest BCUT2D eigenvalue weighted by molar-refractivity contribution is 0.0954. The Bertz CT molecular complexity index is 434. The highest BCUT2D eigenvalue weighted by Crippen LogP contribution is 2.18. The molecule has 0 unspecified atom stereocenters. The summed E-state index contributed by atoms with van der Waals surface area (Å²) in [6.45, 7) is 1.90. The average molecular weight is 270 g/mol. The molecule has 0 radical (unpaired) electrons. The van der Waals surface area contributed by atoms with Gasteiger partial charge >= 0.3 is 0 Å². The number of carbonyl (C=O) groups is 1. The second-order valence-electron chi connectivity index (χ2n) is 2.71. The molecule has 1 aromatic carbocycles. The van der Waals surface area contributed by atoms with Gasteiger partial charge in [0.05, 0.1) is 16.6 Å². The Morgan fingerprint density at radius 3 is 3.00 bits per heavy atom. The van der Waals surface area contributed by atoms with E-state index in [4.69, 9.17) is 0 Å². The molecule has 15 heavy (non-hydrogen) atoms. The van der Waals surface area contributed by atoms with E-state index in [1.807, 2.05) is 0 Å². The number of halogens is 2. The highest BCUT2D eigenvalue weighted by molar-refractivity contribution is 9.10. The van der Waals surface area contributed by atoms with Crippen LogP contribution in [0.25, 0.3) is 0 Å². The first-order valence-corrected chi connectivity index (χ1v) is 5.08. The molecule has 1 amide bonds. The normalized spacial score (nSPS) is 9.00. The fourth-order valence-corrected chi connectivity index (χ4v) is 1.35. The molecule has 0 saturated heterocycles. The zero-order valence-electron chi connectivity index (χ0n) is 8.10. The quantitative estimate of drug-likeness (QED) is 0.821. The Morgan fingerprint density at radius 2 is 2.33 bits per heavy atom. The molecule has 0 aliphatic rings. The molecule has 0 atom stereocenters. The first-order valence-electron chi connectivity index (χ1n) is 4.28. The van der Waals surface area contributed by atoms with Gasteiger partial charge in [-0.3, -0.25) is 4.79 Å². The Morgan fingerprint density at radius 1 is 1.60 bits per heavy atom. The van der Waals surface area contributed by atoms with Gasteiger partial charge in [-0.1, -0.05) is 12.0 Å². The van der Waals surface area contributed by atoms with Crippen LogP contribution in [0, 0.1) is 17.7 Å². The lowest BCUT2D eigenvalue weighted by atomic mass is 10.2. The molecule has 4 heteroatoms. The lowest BCUT2D eigenvalue weighted by Crippen LogP contribution is -2.24. The Balaban J connectivity index is 2.81. The van der Waals surface area contributed by atoms with Crippen LogP contribution in [0.4, 0.5) is 4.39 Å². The summed E-state index contributed by atoms with van der Waals surface area (Å²) >= 11 is 3.01. The summed E-state index contributed by atoms with van der Waals surface area (Å²) in [7, 11) is 0. The van der Waals surface area contributed by atoms with Crippen LogP contribution in [0.3, 0.4) is 0 Å². The van der Waals surface area contributed by atoms with Crippen molar-refractivity contribution in [1.29, 1.82) is 0 Å². The van der Waals surface area contributed by atoms with E-state index >= 15 is 0 Å². The predicted molar refractivity (Wildman–Crippen MR) is 59.9 cm³/mol. The molecule has 0 saturated carbocycles. The molecule has 0 aromatic heterocycles. The van der Waals surface area contributed by atoms with Gasteiger partial charge in [0.2, 0.25) is 0 Å². The maximum absolute atomic E-state index is 13.4. The molecular weight excluding hydrogens is 261 g/mol. The number of carbonyl (C=O) groups excluding carboxylic acids is 1. The topological polar surface area (TPSA) is 29.1 Å². The van der Waals surface area contributed by atoms with E-state index < -0.39 is 11.7 Å². The maximum Gasteiger partial charge on any atom is 0.255 e. The van der Waals surface area contributed by atoms with Crippen molar-refractivity contribution in [1.82, 2.24) is 5.32 Å². The van der Waals surface area contributed by atoms with Crippen molar-refractivity contribution in [3.63, 3.8) is 0 Å². The second kappa shape index (κ2) is 5.52. The van der Waals surface area contributed by atoms with Crippen molar-refractivity contribution in [2.45, 2.75) is 6.92 Å². The Kier molecular flexibility index (Phi) is 4.32. The number of nitrogens with one attached hydrogen (secondary N) is 1. The number of benzene rings is 1. The van der Waals surface area contributed by atoms with Gasteiger partial charge in [-0.15, -0.1) is 5.92 Å². The first kappa shape index (κ1) is 11.7. The molecule has 1 aromatic rings. The predicted octanol–water partition coefficient (Wildman–Crippen LogP) is 2.34. The zero-order chi connectivity index (χ0) is 11.3. The van der Waals surface area contributed by atoms with Crippen LogP contribution in [0.1, 0.15) is 17.3 Å². The van der Waals surface area contributed by atoms with Gasteiger partial charge in [0.25, 0.3) is 5.91 Å². The lowest BCUT2D eigenvalue weighted by Gasteiger charge is -2.03. The van der Waals surface area contributed by atoms with Gasteiger partial charge in [-0.25, -0.2) is 4.39 Å². The largest absolute Gasteiger partial charge is 0.341 e. The zero-order valence-corrected chi connectivity index (χ0v) is 9.69. The van der Waals surface area contributed by atoms with Crippen LogP contribution in [0.5, 0.6) is 0 Å². The van der Waals surface area contributed by atoms with Crippen LogP contribution < -0.4 is 5.32 Å². The van der Waals surface area contributed by atoms with Gasteiger partial charge in [0.15, 0.2) is 0 Å². The number of hydrogen-bond donors (Lipinski definition) is 1. The third kappa shape index (κ3) is 3.07. The fourth-order valence-electron chi connectivity index (χ4n) is 0.987. The van der Waals surface area contributed by atoms with Crippen molar-refractivity contribution in [2.24, 2.45) is 0 Å². The van der Waals surface area contributed by atoms with Crippen molar-refractivity contribution in [2.75, 3.05) is 6.54 Å². The highest BCUT2D eigenvalue weighted by atomic mass is 79.9. The third-order valence-electron chi connectivity index (χ3n) is 1.71. The number of rotatable bonds is 2. The SMILES string of the molecule is CC#CCNC(=O)c1cccc(Br)c1F. The van der Waals surface area contributed by atoms with Gasteiger partial charge in [0, 0.05) is 0 Å². The smallest absolute Gasteiger partial charge is 0.255 e. The summed E-state index contributed by atoms with van der Waals surface area (Å²) in [4.78, 5) is 11.5. The van der Waals surface area contributed by atoms with Crippen LogP contribution in [-0.2, 0) is 0 Å². The van der Waals surface area contributed by atoms with Crippen LogP contribution in [-0.4, -0.2) is 12.5 Å². The maximum atomic E-state index is 13.4. The van der Waals surface area contributed by atoms with Gasteiger partial charge in [-0.05, 0) is 35.0 Å². The average Bonchev–Trinajstić information content (AvgIpc) is 2.22. The summed E-state index contributed by atoms with van der Waals surface area (Å²) in [5.74, 6) is 4.28. The minimum Gasteiger partial charge on any atom is -0.341 e. The summed E-state index contributed by atoms with van der Waals surface area (Å²) in [6.07, 6.45) is 0. The van der Waals surface area contributed by atoms with Crippen molar-refractivity contribution in [3.05, 3.63) is 34.1 Å².